The van der Waals surface area contributed by atoms with Gasteiger partial charge in [0.25, 0.3) is 0 Å². The Morgan fingerprint density at radius 1 is 0.941 bits per heavy atom. The second kappa shape index (κ2) is 13.3. The van der Waals surface area contributed by atoms with E-state index >= 15 is 0 Å². The number of carboxylic acid groups (broad SMARTS) is 2. The number of nitrogens with two attached hydrogens (primary N) is 1. The lowest BCUT2D eigenvalue weighted by Gasteiger charge is -2.26. The molecule has 13 nitrogen and oxygen atoms in total. The first-order valence-corrected chi connectivity index (χ1v) is 10.9. The summed E-state index contributed by atoms with van der Waals surface area (Å²) in [4.78, 5) is 67.5. The zero-order chi connectivity index (χ0) is 26.0. The van der Waals surface area contributed by atoms with Crippen molar-refractivity contribution in [1.82, 2.24) is 25.9 Å². The monoisotopic (exact) mass is 482 g/mol. The minimum Gasteiger partial charge on any atom is -0.481 e. The van der Waals surface area contributed by atoms with Crippen LogP contribution in [0.3, 0.4) is 0 Å². The molecule has 0 aliphatic carbocycles. The number of H-pyrrole nitrogens is 1. The summed E-state index contributed by atoms with van der Waals surface area (Å²) >= 11 is 0. The van der Waals surface area contributed by atoms with Gasteiger partial charge in [-0.25, -0.2) is 9.78 Å². The first kappa shape index (κ1) is 28.6. The van der Waals surface area contributed by atoms with E-state index in [1.807, 2.05) is 0 Å². The lowest BCUT2D eigenvalue weighted by Crippen LogP contribution is -2.58. The maximum absolute atomic E-state index is 12.9. The molecule has 1 aromatic heterocycles. The Balaban J connectivity index is 2.99. The Morgan fingerprint density at radius 3 is 1.97 bits per heavy atom. The lowest BCUT2D eigenvalue weighted by molar-refractivity contribution is -0.143. The number of aromatic amines is 1. The molecule has 190 valence electrons. The molecule has 3 amide bonds. The molecule has 0 aliphatic heterocycles. The SMILES string of the molecule is CC(C)CC(NC(=O)C(CC(=O)O)NC(=O)C(N)C(C)C)C(=O)NC(Cc1cnc[nH]1)C(=O)O. The van der Waals surface area contributed by atoms with Crippen LogP contribution in [-0.2, 0) is 30.4 Å². The van der Waals surface area contributed by atoms with Gasteiger partial charge in [-0.05, 0) is 18.3 Å². The summed E-state index contributed by atoms with van der Waals surface area (Å²) in [6.45, 7) is 6.98. The lowest BCUT2D eigenvalue weighted by atomic mass is 10.0. The maximum atomic E-state index is 12.9. The van der Waals surface area contributed by atoms with Crippen LogP contribution < -0.4 is 21.7 Å². The van der Waals surface area contributed by atoms with Crippen molar-refractivity contribution in [3.05, 3.63) is 18.2 Å². The van der Waals surface area contributed by atoms with Crippen molar-refractivity contribution in [2.24, 2.45) is 17.6 Å². The molecule has 0 saturated heterocycles. The number of carboxylic acids is 2. The highest BCUT2D eigenvalue weighted by Gasteiger charge is 2.32. The molecule has 0 saturated carbocycles. The molecule has 0 fully saturated rings. The van der Waals surface area contributed by atoms with Gasteiger partial charge in [0.15, 0.2) is 0 Å². The smallest absolute Gasteiger partial charge is 0.326 e. The van der Waals surface area contributed by atoms with Crippen LogP contribution in [0.4, 0.5) is 0 Å². The second-order valence-electron chi connectivity index (χ2n) is 8.80. The Labute approximate surface area is 197 Å². The average Bonchev–Trinajstić information content (AvgIpc) is 3.23. The predicted molar refractivity (Wildman–Crippen MR) is 120 cm³/mol. The molecule has 0 spiro atoms. The van der Waals surface area contributed by atoms with E-state index in [1.54, 1.807) is 27.7 Å². The number of carbonyl (C=O) groups excluding carboxylic acids is 3. The fourth-order valence-electron chi connectivity index (χ4n) is 3.02. The number of amides is 3. The van der Waals surface area contributed by atoms with Crippen molar-refractivity contribution in [2.75, 3.05) is 0 Å². The number of hydrogen-bond donors (Lipinski definition) is 7. The number of nitrogens with zero attached hydrogens (tertiary/aromatic N) is 1. The van der Waals surface area contributed by atoms with Gasteiger partial charge in [0.2, 0.25) is 17.7 Å². The van der Waals surface area contributed by atoms with Crippen molar-refractivity contribution in [1.29, 1.82) is 0 Å². The van der Waals surface area contributed by atoms with E-state index in [1.165, 1.54) is 12.5 Å². The van der Waals surface area contributed by atoms with E-state index in [4.69, 9.17) is 10.8 Å². The molecule has 34 heavy (non-hydrogen) atoms. The molecular formula is C21H34N6O7. The van der Waals surface area contributed by atoms with Gasteiger partial charge in [-0.15, -0.1) is 0 Å². The predicted octanol–water partition coefficient (Wildman–Crippen LogP) is -1.00. The first-order valence-electron chi connectivity index (χ1n) is 10.9. The Bertz CT molecular complexity index is 856. The zero-order valence-electron chi connectivity index (χ0n) is 19.7. The molecule has 4 atom stereocenters. The van der Waals surface area contributed by atoms with Crippen LogP contribution in [0.15, 0.2) is 12.5 Å². The van der Waals surface area contributed by atoms with Crippen LogP contribution in [0, 0.1) is 11.8 Å². The van der Waals surface area contributed by atoms with Crippen LogP contribution in [0.2, 0.25) is 0 Å². The van der Waals surface area contributed by atoms with E-state index in [0.717, 1.165) is 0 Å². The summed E-state index contributed by atoms with van der Waals surface area (Å²) in [5, 5.41) is 25.8. The van der Waals surface area contributed by atoms with Gasteiger partial charge < -0.3 is 36.9 Å². The number of carbonyl (C=O) groups is 5. The van der Waals surface area contributed by atoms with E-state index < -0.39 is 60.2 Å². The molecule has 0 radical (unpaired) electrons. The molecule has 1 rings (SSSR count). The van der Waals surface area contributed by atoms with Gasteiger partial charge >= 0.3 is 11.9 Å². The molecule has 8 N–H and O–H groups in total. The van der Waals surface area contributed by atoms with Gasteiger partial charge in [-0.1, -0.05) is 27.7 Å². The quantitative estimate of drug-likeness (QED) is 0.173. The summed E-state index contributed by atoms with van der Waals surface area (Å²) in [5.41, 5.74) is 6.26. The van der Waals surface area contributed by atoms with E-state index in [2.05, 4.69) is 25.9 Å². The number of aromatic nitrogens is 2. The number of aliphatic carboxylic acids is 2. The Morgan fingerprint density at radius 2 is 1.50 bits per heavy atom. The third-order valence-corrected chi connectivity index (χ3v) is 4.97. The van der Waals surface area contributed by atoms with Gasteiger partial charge in [0.1, 0.15) is 18.1 Å². The highest BCUT2D eigenvalue weighted by Crippen LogP contribution is 2.08. The molecule has 4 unspecified atom stereocenters. The zero-order valence-corrected chi connectivity index (χ0v) is 19.7. The fraction of sp³-hybridized carbons (Fsp3) is 0.619. The fourth-order valence-corrected chi connectivity index (χ4v) is 3.02. The number of nitrogens with one attached hydrogen (secondary N) is 4. The van der Waals surface area contributed by atoms with Crippen LogP contribution in [0.25, 0.3) is 0 Å². The molecule has 1 aromatic rings. The number of rotatable bonds is 14. The summed E-state index contributed by atoms with van der Waals surface area (Å²) in [5.74, 6) is -5.30. The summed E-state index contributed by atoms with van der Waals surface area (Å²) < 4.78 is 0. The van der Waals surface area contributed by atoms with Gasteiger partial charge in [-0.2, -0.15) is 0 Å². The number of imidazole rings is 1. The molecule has 0 aromatic carbocycles. The second-order valence-corrected chi connectivity index (χ2v) is 8.80. The van der Waals surface area contributed by atoms with Crippen molar-refractivity contribution in [3.63, 3.8) is 0 Å². The average molecular weight is 483 g/mol. The molecule has 1 heterocycles. The standard InChI is InChI=1S/C21H34N6O7/c1-10(2)5-13(18(30)27-15(21(33)34)6-12-8-23-9-24-12)25-19(31)14(7-16(28)29)26-20(32)17(22)11(3)4/h8-11,13-15,17H,5-7,22H2,1-4H3,(H,23,24)(H,25,31)(H,26,32)(H,27,30)(H,28,29)(H,33,34). The highest BCUT2D eigenvalue weighted by molar-refractivity contribution is 5.95. The molecule has 13 heteroatoms. The van der Waals surface area contributed by atoms with Gasteiger partial charge in [0, 0.05) is 18.3 Å². The van der Waals surface area contributed by atoms with Crippen LogP contribution in [0.1, 0.15) is 46.2 Å². The minimum absolute atomic E-state index is 0.0613. The van der Waals surface area contributed by atoms with Crippen LogP contribution >= 0.6 is 0 Å². The first-order chi connectivity index (χ1) is 15.8. The van der Waals surface area contributed by atoms with E-state index in [0.29, 0.717) is 5.69 Å². The topological polar surface area (TPSA) is 217 Å². The van der Waals surface area contributed by atoms with Crippen molar-refractivity contribution >= 4 is 29.7 Å². The third-order valence-electron chi connectivity index (χ3n) is 4.97. The number of hydrogen-bond acceptors (Lipinski definition) is 7. The molecule has 0 bridgehead atoms. The summed E-state index contributed by atoms with van der Waals surface area (Å²) in [7, 11) is 0. The van der Waals surface area contributed by atoms with Gasteiger partial charge in [0.05, 0.1) is 18.8 Å². The minimum atomic E-state index is -1.47. The van der Waals surface area contributed by atoms with Crippen molar-refractivity contribution in [3.8, 4) is 0 Å². The molecular weight excluding hydrogens is 448 g/mol. The highest BCUT2D eigenvalue weighted by atomic mass is 16.4. The Hall–Kier alpha value is -3.48. The van der Waals surface area contributed by atoms with Crippen molar-refractivity contribution < 1.29 is 34.2 Å². The van der Waals surface area contributed by atoms with Crippen LogP contribution in [-0.4, -0.2) is 74.0 Å². The molecule has 0 aliphatic rings. The van der Waals surface area contributed by atoms with Gasteiger partial charge in [-0.3, -0.25) is 19.2 Å². The normalized spacial score (nSPS) is 14.7. The third kappa shape index (κ3) is 9.57. The van der Waals surface area contributed by atoms with Crippen molar-refractivity contribution in [2.45, 2.75) is 71.1 Å². The maximum Gasteiger partial charge on any atom is 0.326 e. The van der Waals surface area contributed by atoms with Crippen LogP contribution in [0.5, 0.6) is 0 Å². The largest absolute Gasteiger partial charge is 0.481 e. The Kier molecular flexibility index (Phi) is 11.2. The van der Waals surface area contributed by atoms with E-state index in [9.17, 15) is 29.1 Å². The summed E-state index contributed by atoms with van der Waals surface area (Å²) in [6.07, 6.45) is 2.16. The summed E-state index contributed by atoms with van der Waals surface area (Å²) in [6, 6.07) is -4.89. The van der Waals surface area contributed by atoms with E-state index in [-0.39, 0.29) is 24.7 Å².